The number of piperazine rings is 1. The molecule has 1 N–H and O–H groups in total. The topological polar surface area (TPSA) is 73.7 Å². The first-order valence-corrected chi connectivity index (χ1v) is 6.23. The van der Waals surface area contributed by atoms with Gasteiger partial charge in [-0.25, -0.2) is 9.78 Å². The third kappa shape index (κ3) is 2.31. The van der Waals surface area contributed by atoms with Gasteiger partial charge in [-0.15, -0.1) is 0 Å². The Morgan fingerprint density at radius 2 is 2.22 bits per heavy atom. The number of aromatic nitrogens is 1. The molecule has 1 atom stereocenters. The number of carboxylic acid groups (broad SMARTS) is 1. The Balaban J connectivity index is 2.23. The van der Waals surface area contributed by atoms with E-state index in [1.165, 1.54) is 4.90 Å². The van der Waals surface area contributed by atoms with Crippen LogP contribution in [0.5, 0.6) is 0 Å². The molecule has 1 saturated heterocycles. The van der Waals surface area contributed by atoms with Gasteiger partial charge in [0.1, 0.15) is 16.5 Å². The van der Waals surface area contributed by atoms with E-state index in [1.807, 2.05) is 0 Å². The van der Waals surface area contributed by atoms with E-state index in [2.05, 4.69) is 20.9 Å². The highest BCUT2D eigenvalue weighted by atomic mass is 79.9. The number of carbonyl (C=O) groups is 2. The van der Waals surface area contributed by atoms with E-state index in [9.17, 15) is 9.59 Å². The molecule has 1 aliphatic heterocycles. The molecule has 0 radical (unpaired) electrons. The predicted molar refractivity (Wildman–Crippen MR) is 68.5 cm³/mol. The molecule has 96 valence electrons. The van der Waals surface area contributed by atoms with Gasteiger partial charge in [0.15, 0.2) is 0 Å². The van der Waals surface area contributed by atoms with Gasteiger partial charge in [0.2, 0.25) is 0 Å². The van der Waals surface area contributed by atoms with E-state index in [4.69, 9.17) is 5.11 Å². The first-order chi connectivity index (χ1) is 8.50. The van der Waals surface area contributed by atoms with Gasteiger partial charge in [0, 0.05) is 13.1 Å². The van der Waals surface area contributed by atoms with E-state index in [0.29, 0.717) is 17.0 Å². The summed E-state index contributed by atoms with van der Waals surface area (Å²) in [4.78, 5) is 29.9. The van der Waals surface area contributed by atoms with Crippen LogP contribution in [0.15, 0.2) is 22.8 Å². The Hall–Kier alpha value is -1.63. The van der Waals surface area contributed by atoms with Crippen LogP contribution in [0.1, 0.15) is 6.92 Å². The Labute approximate surface area is 112 Å². The van der Waals surface area contributed by atoms with Gasteiger partial charge in [0.25, 0.3) is 5.91 Å². The quantitative estimate of drug-likeness (QED) is 0.798. The zero-order valence-corrected chi connectivity index (χ0v) is 11.3. The molecule has 0 saturated carbocycles. The monoisotopic (exact) mass is 313 g/mol. The molecular formula is C11H12BrN3O3. The van der Waals surface area contributed by atoms with Gasteiger partial charge in [-0.05, 0) is 35.0 Å². The number of pyridine rings is 1. The van der Waals surface area contributed by atoms with E-state index in [1.54, 1.807) is 25.1 Å². The minimum atomic E-state index is -1.07. The standard InChI is InChI=1S/C11H12BrN3O3/c1-7-10(16)15(6-5-14(7)11(17)18)9-4-2-3-8(12)13-9/h2-4,7H,5-6H2,1H3,(H,17,18)/t7-/m1/s1. The van der Waals surface area contributed by atoms with Crippen molar-refractivity contribution >= 4 is 33.7 Å². The molecule has 18 heavy (non-hydrogen) atoms. The predicted octanol–water partition coefficient (Wildman–Crippen LogP) is 1.56. The molecule has 1 fully saturated rings. The molecule has 0 bridgehead atoms. The Kier molecular flexibility index (Phi) is 3.51. The van der Waals surface area contributed by atoms with E-state index >= 15 is 0 Å². The molecule has 1 aliphatic rings. The fourth-order valence-corrected chi connectivity index (χ4v) is 2.24. The smallest absolute Gasteiger partial charge is 0.408 e. The lowest BCUT2D eigenvalue weighted by molar-refractivity contribution is -0.124. The molecule has 2 heterocycles. The lowest BCUT2D eigenvalue weighted by atomic mass is 10.2. The third-order valence-electron chi connectivity index (χ3n) is 2.88. The van der Waals surface area contributed by atoms with Crippen molar-refractivity contribution in [1.82, 2.24) is 9.88 Å². The van der Waals surface area contributed by atoms with Crippen LogP contribution < -0.4 is 4.90 Å². The molecule has 0 spiro atoms. The summed E-state index contributed by atoms with van der Waals surface area (Å²) < 4.78 is 0.640. The Bertz CT molecular complexity index is 494. The van der Waals surface area contributed by atoms with E-state index in [-0.39, 0.29) is 12.5 Å². The van der Waals surface area contributed by atoms with Gasteiger partial charge in [0.05, 0.1) is 0 Å². The van der Waals surface area contributed by atoms with Crippen molar-refractivity contribution in [2.45, 2.75) is 13.0 Å². The van der Waals surface area contributed by atoms with Crippen LogP contribution in [-0.4, -0.2) is 46.1 Å². The lowest BCUT2D eigenvalue weighted by Crippen LogP contribution is -2.57. The van der Waals surface area contributed by atoms with Gasteiger partial charge >= 0.3 is 6.09 Å². The molecule has 2 amide bonds. The van der Waals surface area contributed by atoms with Gasteiger partial charge in [-0.1, -0.05) is 6.07 Å². The van der Waals surface area contributed by atoms with Crippen molar-refractivity contribution in [2.24, 2.45) is 0 Å². The zero-order chi connectivity index (χ0) is 13.3. The number of anilines is 1. The summed E-state index contributed by atoms with van der Waals surface area (Å²) in [5.41, 5.74) is 0. The van der Waals surface area contributed by atoms with Gasteiger partial charge in [-0.3, -0.25) is 14.6 Å². The van der Waals surface area contributed by atoms with E-state index < -0.39 is 12.1 Å². The minimum Gasteiger partial charge on any atom is -0.465 e. The number of carbonyl (C=O) groups excluding carboxylic acids is 1. The molecular weight excluding hydrogens is 302 g/mol. The van der Waals surface area contributed by atoms with Crippen LogP contribution in [0.25, 0.3) is 0 Å². The second-order valence-electron chi connectivity index (χ2n) is 3.96. The summed E-state index contributed by atoms with van der Waals surface area (Å²) in [6, 6.07) is 4.60. The summed E-state index contributed by atoms with van der Waals surface area (Å²) in [5, 5.41) is 8.96. The number of halogens is 1. The summed E-state index contributed by atoms with van der Waals surface area (Å²) >= 11 is 3.25. The SMILES string of the molecule is C[C@@H]1C(=O)N(c2cccc(Br)n2)CCN1C(=O)O. The van der Waals surface area contributed by atoms with Crippen molar-refractivity contribution in [3.63, 3.8) is 0 Å². The molecule has 1 aromatic rings. The highest BCUT2D eigenvalue weighted by molar-refractivity contribution is 9.10. The number of rotatable bonds is 1. The molecule has 6 nitrogen and oxygen atoms in total. The highest BCUT2D eigenvalue weighted by Gasteiger charge is 2.35. The fraction of sp³-hybridized carbons (Fsp3) is 0.364. The van der Waals surface area contributed by atoms with Crippen LogP contribution in [-0.2, 0) is 4.79 Å². The number of amides is 2. The first-order valence-electron chi connectivity index (χ1n) is 5.44. The summed E-state index contributed by atoms with van der Waals surface area (Å²) in [6.07, 6.45) is -1.07. The van der Waals surface area contributed by atoms with Crippen molar-refractivity contribution < 1.29 is 14.7 Å². The van der Waals surface area contributed by atoms with Crippen LogP contribution in [0.3, 0.4) is 0 Å². The summed E-state index contributed by atoms with van der Waals surface area (Å²) in [7, 11) is 0. The maximum Gasteiger partial charge on any atom is 0.408 e. The average molecular weight is 314 g/mol. The maximum atomic E-state index is 12.1. The van der Waals surface area contributed by atoms with Crippen molar-refractivity contribution in [3.05, 3.63) is 22.8 Å². The molecule has 7 heteroatoms. The average Bonchev–Trinajstić information content (AvgIpc) is 2.32. The third-order valence-corrected chi connectivity index (χ3v) is 3.32. The Morgan fingerprint density at radius 3 is 2.83 bits per heavy atom. The first kappa shape index (κ1) is 12.8. The van der Waals surface area contributed by atoms with Crippen LogP contribution in [0, 0.1) is 0 Å². The largest absolute Gasteiger partial charge is 0.465 e. The highest BCUT2D eigenvalue weighted by Crippen LogP contribution is 2.20. The van der Waals surface area contributed by atoms with Crippen LogP contribution in [0.2, 0.25) is 0 Å². The van der Waals surface area contributed by atoms with Crippen molar-refractivity contribution in [3.8, 4) is 0 Å². The number of hydrogen-bond acceptors (Lipinski definition) is 3. The van der Waals surface area contributed by atoms with Crippen molar-refractivity contribution in [1.29, 1.82) is 0 Å². The fourth-order valence-electron chi connectivity index (χ4n) is 1.91. The zero-order valence-electron chi connectivity index (χ0n) is 9.71. The number of hydrogen-bond donors (Lipinski definition) is 1. The lowest BCUT2D eigenvalue weighted by Gasteiger charge is -2.36. The normalized spacial score (nSPS) is 20.1. The van der Waals surface area contributed by atoms with Crippen molar-refractivity contribution in [2.75, 3.05) is 18.0 Å². The molecule has 0 unspecified atom stereocenters. The summed E-state index contributed by atoms with van der Waals surface area (Å²) in [5.74, 6) is 0.278. The van der Waals surface area contributed by atoms with E-state index in [0.717, 1.165) is 4.90 Å². The molecule has 2 rings (SSSR count). The second-order valence-corrected chi connectivity index (χ2v) is 4.77. The number of nitrogens with zero attached hydrogens (tertiary/aromatic N) is 3. The Morgan fingerprint density at radius 1 is 1.50 bits per heavy atom. The summed E-state index contributed by atoms with van der Waals surface area (Å²) in [6.45, 7) is 2.19. The van der Waals surface area contributed by atoms with Gasteiger partial charge < -0.3 is 5.11 Å². The molecule has 0 aliphatic carbocycles. The maximum absolute atomic E-state index is 12.1. The van der Waals surface area contributed by atoms with Crippen LogP contribution in [0.4, 0.5) is 10.6 Å². The van der Waals surface area contributed by atoms with Gasteiger partial charge in [-0.2, -0.15) is 0 Å². The van der Waals surface area contributed by atoms with Crippen LogP contribution >= 0.6 is 15.9 Å². The molecule has 0 aromatic carbocycles. The molecule has 1 aromatic heterocycles. The second kappa shape index (κ2) is 4.93. The minimum absolute atomic E-state index is 0.255.